The maximum atomic E-state index is 5.56. The summed E-state index contributed by atoms with van der Waals surface area (Å²) >= 11 is 1.70. The number of hydrogen-bond acceptors (Lipinski definition) is 6. The van der Waals surface area contributed by atoms with Gasteiger partial charge in [-0.25, -0.2) is 9.98 Å². The zero-order valence-corrected chi connectivity index (χ0v) is 19.0. The number of aliphatic imine (C=N–C) groups is 1. The van der Waals surface area contributed by atoms with Crippen molar-refractivity contribution < 1.29 is 9.47 Å². The largest absolute Gasteiger partial charge is 0.497 e. The van der Waals surface area contributed by atoms with E-state index in [0.29, 0.717) is 6.54 Å². The van der Waals surface area contributed by atoms with Gasteiger partial charge >= 0.3 is 0 Å². The molecule has 0 bridgehead atoms. The molecule has 1 aliphatic rings. The van der Waals surface area contributed by atoms with Crippen molar-refractivity contribution in [2.24, 2.45) is 4.99 Å². The summed E-state index contributed by atoms with van der Waals surface area (Å²) in [7, 11) is 1.70. The second-order valence-electron chi connectivity index (χ2n) is 7.10. The van der Waals surface area contributed by atoms with E-state index in [2.05, 4.69) is 51.9 Å². The first-order valence-electron chi connectivity index (χ1n) is 10.6. The van der Waals surface area contributed by atoms with E-state index < -0.39 is 0 Å². The molecule has 1 fully saturated rings. The molecule has 8 heteroatoms. The molecule has 2 aromatic rings. The third-order valence-electron chi connectivity index (χ3n) is 5.10. The van der Waals surface area contributed by atoms with Crippen LogP contribution in [0.3, 0.4) is 0 Å². The average Bonchev–Trinajstić information content (AvgIpc) is 3.27. The standard InChI is InChI=1S/C22H33N5O2S/c1-4-21-26-18(16-30-21)14-24-22(23-5-2)25-15-20(27-10-12-29-13-11-27)17-6-8-19(28-3)9-7-17/h6-9,16,20H,4-5,10-15H2,1-3H3,(H2,23,24,25). The number of rotatable bonds is 9. The molecule has 1 unspecified atom stereocenters. The summed E-state index contributed by atoms with van der Waals surface area (Å²) in [5.41, 5.74) is 2.28. The fourth-order valence-corrected chi connectivity index (χ4v) is 4.19. The van der Waals surface area contributed by atoms with Gasteiger partial charge in [-0.2, -0.15) is 0 Å². The van der Waals surface area contributed by atoms with Crippen molar-refractivity contribution in [1.82, 2.24) is 20.5 Å². The number of nitrogens with one attached hydrogen (secondary N) is 2. The van der Waals surface area contributed by atoms with Crippen molar-refractivity contribution in [1.29, 1.82) is 0 Å². The summed E-state index contributed by atoms with van der Waals surface area (Å²) in [6, 6.07) is 8.57. The molecule has 1 atom stereocenters. The molecule has 7 nitrogen and oxygen atoms in total. The molecule has 1 aromatic carbocycles. The fraction of sp³-hybridized carbons (Fsp3) is 0.545. The van der Waals surface area contributed by atoms with E-state index in [-0.39, 0.29) is 6.04 Å². The maximum Gasteiger partial charge on any atom is 0.191 e. The number of aryl methyl sites for hydroxylation is 1. The van der Waals surface area contributed by atoms with E-state index in [1.54, 1.807) is 18.4 Å². The Hall–Kier alpha value is -2.16. The Bertz CT molecular complexity index is 787. The number of nitrogens with zero attached hydrogens (tertiary/aromatic N) is 3. The van der Waals surface area contributed by atoms with E-state index in [1.165, 1.54) is 5.56 Å². The quantitative estimate of drug-likeness (QED) is 0.470. The highest BCUT2D eigenvalue weighted by atomic mass is 32.1. The predicted octanol–water partition coefficient (Wildman–Crippen LogP) is 2.84. The van der Waals surface area contributed by atoms with Crippen molar-refractivity contribution in [3.63, 3.8) is 0 Å². The number of aromatic nitrogens is 1. The molecule has 0 aliphatic carbocycles. The summed E-state index contributed by atoms with van der Waals surface area (Å²) < 4.78 is 10.9. The van der Waals surface area contributed by atoms with Crippen molar-refractivity contribution >= 4 is 17.3 Å². The Labute approximate surface area is 183 Å². The normalized spacial score (nSPS) is 16.3. The van der Waals surface area contributed by atoms with Gasteiger partial charge in [0.2, 0.25) is 0 Å². The number of benzene rings is 1. The van der Waals surface area contributed by atoms with Gasteiger partial charge in [-0.3, -0.25) is 4.90 Å². The summed E-state index contributed by atoms with van der Waals surface area (Å²) in [4.78, 5) is 11.8. The van der Waals surface area contributed by atoms with Crippen LogP contribution in [-0.2, 0) is 17.7 Å². The van der Waals surface area contributed by atoms with Gasteiger partial charge in [-0.05, 0) is 31.0 Å². The topological polar surface area (TPSA) is 71.0 Å². The van der Waals surface area contributed by atoms with Crippen molar-refractivity contribution in [3.8, 4) is 5.75 Å². The minimum atomic E-state index is 0.231. The summed E-state index contributed by atoms with van der Waals surface area (Å²) in [6.45, 7) is 9.74. The smallest absolute Gasteiger partial charge is 0.191 e. The first kappa shape index (κ1) is 22.5. The van der Waals surface area contributed by atoms with Crippen LogP contribution in [-0.4, -0.2) is 62.3 Å². The van der Waals surface area contributed by atoms with Gasteiger partial charge in [0.25, 0.3) is 0 Å². The zero-order chi connectivity index (χ0) is 21.2. The molecular weight excluding hydrogens is 398 g/mol. The minimum Gasteiger partial charge on any atom is -0.497 e. The minimum absolute atomic E-state index is 0.231. The molecule has 2 N–H and O–H groups in total. The average molecular weight is 432 g/mol. The number of morpholine rings is 1. The van der Waals surface area contributed by atoms with Crippen LogP contribution in [0.15, 0.2) is 34.6 Å². The van der Waals surface area contributed by atoms with Crippen LogP contribution < -0.4 is 15.4 Å². The van der Waals surface area contributed by atoms with Crippen molar-refractivity contribution in [2.75, 3.05) is 46.5 Å². The SMILES string of the molecule is CCNC(=NCc1csc(CC)n1)NCC(c1ccc(OC)cc1)N1CCOCC1. The lowest BCUT2D eigenvalue weighted by Crippen LogP contribution is -2.46. The van der Waals surface area contributed by atoms with Crippen LogP contribution in [0.2, 0.25) is 0 Å². The fourth-order valence-electron chi connectivity index (χ4n) is 3.45. The van der Waals surface area contributed by atoms with Crippen molar-refractivity contribution in [2.45, 2.75) is 32.9 Å². The summed E-state index contributed by atoms with van der Waals surface area (Å²) in [6.07, 6.45) is 0.968. The Morgan fingerprint density at radius 3 is 2.63 bits per heavy atom. The van der Waals surface area contributed by atoms with E-state index in [9.17, 15) is 0 Å². The highest BCUT2D eigenvalue weighted by molar-refractivity contribution is 7.09. The molecule has 0 saturated carbocycles. The highest BCUT2D eigenvalue weighted by Crippen LogP contribution is 2.23. The first-order valence-corrected chi connectivity index (χ1v) is 11.5. The lowest BCUT2D eigenvalue weighted by Gasteiger charge is -2.35. The summed E-state index contributed by atoms with van der Waals surface area (Å²) in [5, 5.41) is 10.1. The molecule has 1 aliphatic heterocycles. The second kappa shape index (κ2) is 11.9. The van der Waals surface area contributed by atoms with E-state index in [4.69, 9.17) is 14.5 Å². The third kappa shape index (κ3) is 6.42. The number of methoxy groups -OCH3 is 1. The molecule has 30 heavy (non-hydrogen) atoms. The molecular formula is C22H33N5O2S. The van der Waals surface area contributed by atoms with Gasteiger partial charge in [0.1, 0.15) is 5.75 Å². The monoisotopic (exact) mass is 431 g/mol. The second-order valence-corrected chi connectivity index (χ2v) is 8.04. The molecule has 2 heterocycles. The Morgan fingerprint density at radius 2 is 2.00 bits per heavy atom. The molecule has 1 aromatic heterocycles. The highest BCUT2D eigenvalue weighted by Gasteiger charge is 2.23. The molecule has 3 rings (SSSR count). The summed E-state index contributed by atoms with van der Waals surface area (Å²) in [5.74, 6) is 1.69. The van der Waals surface area contributed by atoms with E-state index in [1.807, 2.05) is 12.1 Å². The van der Waals surface area contributed by atoms with Gasteiger partial charge in [0.15, 0.2) is 5.96 Å². The van der Waals surface area contributed by atoms with Crippen molar-refractivity contribution in [3.05, 3.63) is 45.9 Å². The van der Waals surface area contributed by atoms with Crippen LogP contribution in [0.4, 0.5) is 0 Å². The van der Waals surface area contributed by atoms with Crippen LogP contribution in [0.5, 0.6) is 5.75 Å². The molecule has 0 radical (unpaired) electrons. The first-order chi connectivity index (χ1) is 14.7. The van der Waals surface area contributed by atoms with Gasteiger partial charge in [-0.1, -0.05) is 19.1 Å². The van der Waals surface area contributed by atoms with Crippen LogP contribution >= 0.6 is 11.3 Å². The number of hydrogen-bond donors (Lipinski definition) is 2. The van der Waals surface area contributed by atoms with Crippen LogP contribution in [0.25, 0.3) is 0 Å². The molecule has 164 valence electrons. The third-order valence-corrected chi connectivity index (χ3v) is 6.14. The zero-order valence-electron chi connectivity index (χ0n) is 18.2. The van der Waals surface area contributed by atoms with E-state index in [0.717, 1.165) is 68.2 Å². The van der Waals surface area contributed by atoms with Gasteiger partial charge in [-0.15, -0.1) is 11.3 Å². The lowest BCUT2D eigenvalue weighted by molar-refractivity contribution is 0.0170. The Kier molecular flexibility index (Phi) is 8.92. The molecule has 1 saturated heterocycles. The molecule has 0 spiro atoms. The number of ether oxygens (including phenoxy) is 2. The molecule has 0 amide bonds. The van der Waals surface area contributed by atoms with Crippen LogP contribution in [0, 0.1) is 0 Å². The van der Waals surface area contributed by atoms with Gasteiger partial charge in [0, 0.05) is 31.6 Å². The van der Waals surface area contributed by atoms with E-state index >= 15 is 0 Å². The maximum absolute atomic E-state index is 5.56. The van der Waals surface area contributed by atoms with Crippen LogP contribution in [0.1, 0.15) is 36.2 Å². The predicted molar refractivity (Wildman–Crippen MR) is 122 cm³/mol. The number of guanidine groups is 1. The lowest BCUT2D eigenvalue weighted by atomic mass is 10.0. The Morgan fingerprint density at radius 1 is 1.23 bits per heavy atom. The Balaban J connectivity index is 1.69. The van der Waals surface area contributed by atoms with Gasteiger partial charge < -0.3 is 20.1 Å². The van der Waals surface area contributed by atoms with Gasteiger partial charge in [0.05, 0.1) is 43.6 Å². The number of thiazole rings is 1.